The lowest BCUT2D eigenvalue weighted by molar-refractivity contribution is -0.121. The van der Waals surface area contributed by atoms with Crippen molar-refractivity contribution in [3.8, 4) is 5.75 Å². The fourth-order valence-electron chi connectivity index (χ4n) is 2.27. The number of amides is 3. The number of carbonyl (C=O) groups excluding carboxylic acids is 3. The first-order chi connectivity index (χ1) is 13.9. The maximum Gasteiger partial charge on any atom is 0.269 e. The van der Waals surface area contributed by atoms with E-state index in [9.17, 15) is 14.4 Å². The van der Waals surface area contributed by atoms with Crippen LogP contribution in [0.25, 0.3) is 0 Å². The van der Waals surface area contributed by atoms with Crippen molar-refractivity contribution in [2.75, 3.05) is 17.7 Å². The van der Waals surface area contributed by atoms with Gasteiger partial charge in [0.1, 0.15) is 5.75 Å². The summed E-state index contributed by atoms with van der Waals surface area (Å²) in [5.74, 6) is -0.234. The molecule has 2 aromatic rings. The minimum Gasteiger partial charge on any atom is -0.494 e. The standard InChI is InChI=1S/C21H25N3O4S/c1-4-28-18-11-7-16(8-12-18)21(27)24-23-20(26)15(3)29-13-19(25)22-17-9-5-14(2)6-10-17/h5-12,15H,4,13H2,1-3H3,(H,22,25)(H,23,26)(H,24,27)/t15-/m1/s1. The van der Waals surface area contributed by atoms with Crippen molar-refractivity contribution in [1.29, 1.82) is 0 Å². The monoisotopic (exact) mass is 415 g/mol. The van der Waals surface area contributed by atoms with Gasteiger partial charge in [-0.3, -0.25) is 25.2 Å². The number of nitrogens with one attached hydrogen (secondary N) is 3. The maximum absolute atomic E-state index is 12.1. The van der Waals surface area contributed by atoms with Crippen molar-refractivity contribution in [2.45, 2.75) is 26.0 Å². The molecule has 0 unspecified atom stereocenters. The van der Waals surface area contributed by atoms with E-state index in [0.29, 0.717) is 23.6 Å². The van der Waals surface area contributed by atoms with Gasteiger partial charge in [-0.15, -0.1) is 11.8 Å². The Bertz CT molecular complexity index is 838. The van der Waals surface area contributed by atoms with Gasteiger partial charge in [0, 0.05) is 11.3 Å². The molecule has 29 heavy (non-hydrogen) atoms. The molecule has 0 bridgehead atoms. The van der Waals surface area contributed by atoms with E-state index in [2.05, 4.69) is 16.2 Å². The van der Waals surface area contributed by atoms with E-state index < -0.39 is 17.1 Å². The number of benzene rings is 2. The maximum atomic E-state index is 12.1. The van der Waals surface area contributed by atoms with Gasteiger partial charge in [0.15, 0.2) is 0 Å². The highest BCUT2D eigenvalue weighted by molar-refractivity contribution is 8.01. The molecule has 0 aliphatic rings. The van der Waals surface area contributed by atoms with Crippen molar-refractivity contribution >= 4 is 35.2 Å². The third kappa shape index (κ3) is 7.50. The van der Waals surface area contributed by atoms with Crippen LogP contribution in [0.1, 0.15) is 29.8 Å². The van der Waals surface area contributed by atoms with Crippen LogP contribution in [0.3, 0.4) is 0 Å². The average Bonchev–Trinajstić information content (AvgIpc) is 2.72. The zero-order valence-corrected chi connectivity index (χ0v) is 17.5. The first kappa shape index (κ1) is 22.3. The lowest BCUT2D eigenvalue weighted by Crippen LogP contribution is -2.45. The van der Waals surface area contributed by atoms with E-state index in [4.69, 9.17) is 4.74 Å². The van der Waals surface area contributed by atoms with Crippen molar-refractivity contribution in [2.24, 2.45) is 0 Å². The summed E-state index contributed by atoms with van der Waals surface area (Å²) in [6, 6.07) is 14.1. The van der Waals surface area contributed by atoms with Crippen LogP contribution < -0.4 is 20.9 Å². The number of hydrogen-bond acceptors (Lipinski definition) is 5. The van der Waals surface area contributed by atoms with Crippen molar-refractivity contribution in [1.82, 2.24) is 10.9 Å². The van der Waals surface area contributed by atoms with Crippen LogP contribution in [0.5, 0.6) is 5.75 Å². The predicted molar refractivity (Wildman–Crippen MR) is 115 cm³/mol. The summed E-state index contributed by atoms with van der Waals surface area (Å²) in [6.45, 7) is 6.06. The van der Waals surface area contributed by atoms with Crippen molar-refractivity contribution in [3.05, 3.63) is 59.7 Å². The molecule has 0 radical (unpaired) electrons. The smallest absolute Gasteiger partial charge is 0.269 e. The van der Waals surface area contributed by atoms with Gasteiger partial charge >= 0.3 is 0 Å². The average molecular weight is 416 g/mol. The van der Waals surface area contributed by atoms with Crippen LogP contribution in [0.2, 0.25) is 0 Å². The van der Waals surface area contributed by atoms with E-state index in [1.165, 1.54) is 11.8 Å². The number of thioether (sulfide) groups is 1. The van der Waals surface area contributed by atoms with Gasteiger partial charge in [-0.25, -0.2) is 0 Å². The summed E-state index contributed by atoms with van der Waals surface area (Å²) in [7, 11) is 0. The summed E-state index contributed by atoms with van der Waals surface area (Å²) in [6.07, 6.45) is 0. The number of hydrazine groups is 1. The molecular formula is C21H25N3O4S. The van der Waals surface area contributed by atoms with Gasteiger partial charge in [-0.2, -0.15) is 0 Å². The van der Waals surface area contributed by atoms with Crippen molar-refractivity contribution in [3.63, 3.8) is 0 Å². The first-order valence-electron chi connectivity index (χ1n) is 9.20. The van der Waals surface area contributed by atoms with Crippen LogP contribution in [0.15, 0.2) is 48.5 Å². The Balaban J connectivity index is 1.73. The molecule has 8 heteroatoms. The second kappa shape index (κ2) is 11.1. The van der Waals surface area contributed by atoms with Gasteiger partial charge in [0.25, 0.3) is 11.8 Å². The largest absolute Gasteiger partial charge is 0.494 e. The van der Waals surface area contributed by atoms with Crippen LogP contribution in [-0.2, 0) is 9.59 Å². The van der Waals surface area contributed by atoms with E-state index in [1.807, 2.05) is 38.1 Å². The third-order valence-electron chi connectivity index (χ3n) is 3.90. The number of rotatable bonds is 8. The van der Waals surface area contributed by atoms with Crippen molar-refractivity contribution < 1.29 is 19.1 Å². The van der Waals surface area contributed by atoms with E-state index in [0.717, 1.165) is 5.56 Å². The van der Waals surface area contributed by atoms with Gasteiger partial charge in [-0.1, -0.05) is 17.7 Å². The molecule has 3 N–H and O–H groups in total. The van der Waals surface area contributed by atoms with Crippen LogP contribution in [0.4, 0.5) is 5.69 Å². The molecular weight excluding hydrogens is 390 g/mol. The van der Waals surface area contributed by atoms with E-state index >= 15 is 0 Å². The number of aryl methyl sites for hydroxylation is 1. The number of ether oxygens (including phenoxy) is 1. The molecule has 0 aliphatic carbocycles. The molecule has 7 nitrogen and oxygen atoms in total. The molecule has 0 saturated heterocycles. The second-order valence-electron chi connectivity index (χ2n) is 6.27. The molecule has 0 spiro atoms. The van der Waals surface area contributed by atoms with E-state index in [1.54, 1.807) is 31.2 Å². The minimum atomic E-state index is -0.514. The third-order valence-corrected chi connectivity index (χ3v) is 5.04. The highest BCUT2D eigenvalue weighted by Gasteiger charge is 2.16. The minimum absolute atomic E-state index is 0.120. The molecule has 1 atom stereocenters. The first-order valence-corrected chi connectivity index (χ1v) is 10.2. The molecule has 3 amide bonds. The van der Waals surface area contributed by atoms with Gasteiger partial charge in [0.05, 0.1) is 17.6 Å². The van der Waals surface area contributed by atoms with Crippen LogP contribution >= 0.6 is 11.8 Å². The molecule has 0 saturated carbocycles. The summed E-state index contributed by atoms with van der Waals surface area (Å²) in [4.78, 5) is 36.2. The lowest BCUT2D eigenvalue weighted by Gasteiger charge is -2.13. The van der Waals surface area contributed by atoms with E-state index in [-0.39, 0.29) is 11.7 Å². The Morgan fingerprint density at radius 2 is 1.66 bits per heavy atom. The Hall–Kier alpha value is -3.00. The topological polar surface area (TPSA) is 96.5 Å². The Kier molecular flexibility index (Phi) is 8.54. The zero-order valence-electron chi connectivity index (χ0n) is 16.7. The Labute approximate surface area is 174 Å². The van der Waals surface area contributed by atoms with Gasteiger partial charge in [-0.05, 0) is 57.2 Å². The van der Waals surface area contributed by atoms with Gasteiger partial charge < -0.3 is 10.1 Å². The van der Waals surface area contributed by atoms with Gasteiger partial charge in [0.2, 0.25) is 5.91 Å². The Morgan fingerprint density at radius 1 is 1.00 bits per heavy atom. The summed E-state index contributed by atoms with van der Waals surface area (Å²) in [5.41, 5.74) is 6.96. The predicted octanol–water partition coefficient (Wildman–Crippen LogP) is 2.92. The summed E-state index contributed by atoms with van der Waals surface area (Å²) >= 11 is 1.18. The lowest BCUT2D eigenvalue weighted by atomic mass is 10.2. The molecule has 0 heterocycles. The molecule has 154 valence electrons. The number of carbonyl (C=O) groups is 3. The number of hydrogen-bond donors (Lipinski definition) is 3. The second-order valence-corrected chi connectivity index (χ2v) is 7.60. The SMILES string of the molecule is CCOc1ccc(C(=O)NNC(=O)[C@@H](C)SCC(=O)Nc2ccc(C)cc2)cc1. The molecule has 2 rings (SSSR count). The van der Waals surface area contributed by atoms with Crippen LogP contribution in [-0.4, -0.2) is 35.3 Å². The normalized spacial score (nSPS) is 11.3. The zero-order chi connectivity index (χ0) is 21.2. The summed E-state index contributed by atoms with van der Waals surface area (Å²) in [5, 5.41) is 2.26. The fraction of sp³-hybridized carbons (Fsp3) is 0.286. The number of anilines is 1. The van der Waals surface area contributed by atoms with Crippen LogP contribution in [0, 0.1) is 6.92 Å². The quantitative estimate of drug-likeness (QED) is 0.576. The molecule has 2 aromatic carbocycles. The highest BCUT2D eigenvalue weighted by Crippen LogP contribution is 2.14. The Morgan fingerprint density at radius 3 is 2.28 bits per heavy atom. The summed E-state index contributed by atoms with van der Waals surface area (Å²) < 4.78 is 5.32. The molecule has 0 fully saturated rings. The fourth-order valence-corrected chi connectivity index (χ4v) is 2.96. The molecule has 0 aliphatic heterocycles. The molecule has 0 aromatic heterocycles. The highest BCUT2D eigenvalue weighted by atomic mass is 32.2.